The van der Waals surface area contributed by atoms with Crippen LogP contribution in [-0.2, 0) is 4.79 Å². The zero-order valence-electron chi connectivity index (χ0n) is 15.2. The molecule has 0 unspecified atom stereocenters. The molecule has 7 nitrogen and oxygen atoms in total. The van der Waals surface area contributed by atoms with Crippen molar-refractivity contribution in [2.24, 2.45) is 0 Å². The third-order valence-corrected chi connectivity index (χ3v) is 5.24. The van der Waals surface area contributed by atoms with E-state index in [2.05, 4.69) is 15.3 Å². The Morgan fingerprint density at radius 2 is 1.86 bits per heavy atom. The van der Waals surface area contributed by atoms with Gasteiger partial charge in [0.1, 0.15) is 5.82 Å². The highest BCUT2D eigenvalue weighted by molar-refractivity contribution is 8.00. The van der Waals surface area contributed by atoms with E-state index in [0.29, 0.717) is 5.69 Å². The molecule has 8 heteroatoms. The molecule has 1 heterocycles. The van der Waals surface area contributed by atoms with Crippen LogP contribution in [0.3, 0.4) is 0 Å². The van der Waals surface area contributed by atoms with Gasteiger partial charge in [0.15, 0.2) is 0 Å². The zero-order chi connectivity index (χ0) is 20.2. The van der Waals surface area contributed by atoms with E-state index in [9.17, 15) is 14.9 Å². The highest BCUT2D eigenvalue weighted by Crippen LogP contribution is 2.24. The summed E-state index contributed by atoms with van der Waals surface area (Å²) in [7, 11) is 0. The van der Waals surface area contributed by atoms with Crippen LogP contribution in [0.5, 0.6) is 0 Å². The molecule has 1 aromatic heterocycles. The van der Waals surface area contributed by atoms with Crippen LogP contribution in [0.4, 0.5) is 11.4 Å². The average Bonchev–Trinajstić information content (AvgIpc) is 3.17. The first-order valence-corrected chi connectivity index (χ1v) is 9.79. The van der Waals surface area contributed by atoms with Crippen molar-refractivity contribution in [2.75, 3.05) is 11.1 Å². The van der Waals surface area contributed by atoms with E-state index >= 15 is 0 Å². The molecule has 4 rings (SSSR count). The monoisotopic (exact) mass is 404 g/mol. The van der Waals surface area contributed by atoms with E-state index in [1.165, 1.54) is 23.9 Å². The van der Waals surface area contributed by atoms with Crippen molar-refractivity contribution >= 4 is 40.1 Å². The molecule has 0 radical (unpaired) electrons. The number of H-pyrrole nitrogens is 1. The number of carbonyl (C=O) groups excluding carboxylic acids is 1. The third kappa shape index (κ3) is 4.44. The molecule has 0 saturated carbocycles. The molecular formula is C21H16N4O3S. The molecular weight excluding hydrogens is 388 g/mol. The average molecular weight is 404 g/mol. The summed E-state index contributed by atoms with van der Waals surface area (Å²) in [6.07, 6.45) is 0. The van der Waals surface area contributed by atoms with Gasteiger partial charge < -0.3 is 10.3 Å². The SMILES string of the molecule is O=C(CSc1ccc([N+](=O)[O-])cc1)Nc1cccc(-c2nc3ccccc3[nH]2)c1. The highest BCUT2D eigenvalue weighted by atomic mass is 32.2. The second-order valence-corrected chi connectivity index (χ2v) is 7.32. The van der Waals surface area contributed by atoms with Gasteiger partial charge in [-0.2, -0.15) is 0 Å². The molecule has 3 aromatic carbocycles. The fourth-order valence-corrected chi connectivity index (χ4v) is 3.54. The van der Waals surface area contributed by atoms with Gasteiger partial charge in [-0.05, 0) is 36.4 Å². The Kier molecular flexibility index (Phi) is 5.26. The first-order chi connectivity index (χ1) is 14.1. The number of benzene rings is 3. The Morgan fingerprint density at radius 3 is 2.62 bits per heavy atom. The van der Waals surface area contributed by atoms with E-state index in [1.807, 2.05) is 48.5 Å². The number of fused-ring (bicyclic) bond motifs is 1. The molecule has 4 aromatic rings. The number of thioether (sulfide) groups is 1. The van der Waals surface area contributed by atoms with Crippen LogP contribution in [0.1, 0.15) is 0 Å². The number of non-ortho nitro benzene ring substituents is 1. The Balaban J connectivity index is 1.40. The molecule has 144 valence electrons. The first-order valence-electron chi connectivity index (χ1n) is 8.81. The van der Waals surface area contributed by atoms with Gasteiger partial charge in [0, 0.05) is 28.3 Å². The van der Waals surface area contributed by atoms with Gasteiger partial charge in [-0.1, -0.05) is 24.3 Å². The standard InChI is InChI=1S/C21H16N4O3S/c26-20(13-29-17-10-8-16(9-11-17)25(27)28)22-15-5-3-4-14(12-15)21-23-18-6-1-2-7-19(18)24-21/h1-12H,13H2,(H,22,26)(H,23,24). The number of para-hydroxylation sites is 2. The second kappa shape index (κ2) is 8.15. The fraction of sp³-hybridized carbons (Fsp3) is 0.0476. The maximum atomic E-state index is 12.3. The third-order valence-electron chi connectivity index (χ3n) is 4.23. The van der Waals surface area contributed by atoms with Crippen molar-refractivity contribution in [3.63, 3.8) is 0 Å². The van der Waals surface area contributed by atoms with Crippen LogP contribution in [0.15, 0.2) is 77.7 Å². The summed E-state index contributed by atoms with van der Waals surface area (Å²) in [5, 5.41) is 13.6. The van der Waals surface area contributed by atoms with Crippen LogP contribution in [0, 0.1) is 10.1 Å². The van der Waals surface area contributed by atoms with Crippen LogP contribution in [0.25, 0.3) is 22.4 Å². The summed E-state index contributed by atoms with van der Waals surface area (Å²) < 4.78 is 0. The molecule has 0 bridgehead atoms. The van der Waals surface area contributed by atoms with Crippen molar-refractivity contribution < 1.29 is 9.72 Å². The van der Waals surface area contributed by atoms with E-state index in [-0.39, 0.29) is 17.3 Å². The highest BCUT2D eigenvalue weighted by Gasteiger charge is 2.09. The summed E-state index contributed by atoms with van der Waals surface area (Å²) in [6.45, 7) is 0. The van der Waals surface area contributed by atoms with Crippen molar-refractivity contribution in [1.29, 1.82) is 0 Å². The van der Waals surface area contributed by atoms with Gasteiger partial charge in [-0.25, -0.2) is 4.98 Å². The number of nitrogens with one attached hydrogen (secondary N) is 2. The lowest BCUT2D eigenvalue weighted by Crippen LogP contribution is -2.13. The maximum absolute atomic E-state index is 12.3. The Morgan fingerprint density at radius 1 is 1.07 bits per heavy atom. The number of carbonyl (C=O) groups is 1. The number of nitro benzene ring substituents is 1. The van der Waals surface area contributed by atoms with Gasteiger partial charge in [0.25, 0.3) is 5.69 Å². The maximum Gasteiger partial charge on any atom is 0.269 e. The van der Waals surface area contributed by atoms with Crippen molar-refractivity contribution in [2.45, 2.75) is 4.90 Å². The summed E-state index contributed by atoms with van der Waals surface area (Å²) in [5.41, 5.74) is 3.42. The summed E-state index contributed by atoms with van der Waals surface area (Å²) >= 11 is 1.32. The van der Waals surface area contributed by atoms with Crippen molar-refractivity contribution in [1.82, 2.24) is 9.97 Å². The lowest BCUT2D eigenvalue weighted by Gasteiger charge is -2.07. The molecule has 2 N–H and O–H groups in total. The van der Waals surface area contributed by atoms with E-state index in [4.69, 9.17) is 0 Å². The molecule has 0 atom stereocenters. The van der Waals surface area contributed by atoms with Crippen LogP contribution in [0.2, 0.25) is 0 Å². The predicted octanol–water partition coefficient (Wildman–Crippen LogP) is 4.87. The predicted molar refractivity (Wildman–Crippen MR) is 114 cm³/mol. The number of hydrogen-bond acceptors (Lipinski definition) is 5. The Hall–Kier alpha value is -3.65. The number of hydrogen-bond donors (Lipinski definition) is 2. The largest absolute Gasteiger partial charge is 0.338 e. The molecule has 0 saturated heterocycles. The van der Waals surface area contributed by atoms with Gasteiger partial charge >= 0.3 is 0 Å². The van der Waals surface area contributed by atoms with Crippen LogP contribution < -0.4 is 5.32 Å². The molecule has 1 amide bonds. The van der Waals surface area contributed by atoms with Gasteiger partial charge in [0.05, 0.1) is 21.7 Å². The number of aromatic amines is 1. The lowest BCUT2D eigenvalue weighted by atomic mass is 10.2. The molecule has 0 aliphatic carbocycles. The Labute approximate surface area is 170 Å². The van der Waals surface area contributed by atoms with Crippen molar-refractivity contribution in [3.05, 3.63) is 82.9 Å². The van der Waals surface area contributed by atoms with Crippen molar-refractivity contribution in [3.8, 4) is 11.4 Å². The second-order valence-electron chi connectivity index (χ2n) is 6.27. The number of amides is 1. The molecule has 0 fully saturated rings. The lowest BCUT2D eigenvalue weighted by molar-refractivity contribution is -0.384. The summed E-state index contributed by atoms with van der Waals surface area (Å²) in [6, 6.07) is 21.4. The molecule has 0 aliphatic heterocycles. The van der Waals surface area contributed by atoms with E-state index in [0.717, 1.165) is 27.3 Å². The number of nitrogens with zero attached hydrogens (tertiary/aromatic N) is 2. The van der Waals surface area contributed by atoms with E-state index in [1.54, 1.807) is 12.1 Å². The first kappa shape index (κ1) is 18.7. The normalized spacial score (nSPS) is 10.8. The Bertz CT molecular complexity index is 1150. The van der Waals surface area contributed by atoms with Gasteiger partial charge in [-0.15, -0.1) is 11.8 Å². The minimum absolute atomic E-state index is 0.0289. The molecule has 0 spiro atoms. The number of imidazole rings is 1. The fourth-order valence-electron chi connectivity index (χ4n) is 2.84. The summed E-state index contributed by atoms with van der Waals surface area (Å²) in [5.74, 6) is 0.782. The van der Waals surface area contributed by atoms with Gasteiger partial charge in [0.2, 0.25) is 5.91 Å². The zero-order valence-corrected chi connectivity index (χ0v) is 16.0. The minimum atomic E-state index is -0.448. The van der Waals surface area contributed by atoms with E-state index < -0.39 is 4.92 Å². The van der Waals surface area contributed by atoms with Gasteiger partial charge in [-0.3, -0.25) is 14.9 Å². The molecule has 29 heavy (non-hydrogen) atoms. The number of aromatic nitrogens is 2. The molecule has 0 aliphatic rings. The minimum Gasteiger partial charge on any atom is -0.338 e. The van der Waals surface area contributed by atoms with Crippen LogP contribution in [-0.4, -0.2) is 26.6 Å². The quantitative estimate of drug-likeness (QED) is 0.271. The smallest absolute Gasteiger partial charge is 0.269 e. The number of anilines is 1. The van der Waals surface area contributed by atoms with Crippen LogP contribution >= 0.6 is 11.8 Å². The summed E-state index contributed by atoms with van der Waals surface area (Å²) in [4.78, 5) is 31.2. The topological polar surface area (TPSA) is 101 Å². The number of nitro groups is 1. The number of rotatable bonds is 6.